The second-order valence-corrected chi connectivity index (χ2v) is 15.1. The highest BCUT2D eigenvalue weighted by molar-refractivity contribution is 7.26. The first-order valence-corrected chi connectivity index (χ1v) is 18.6. The maximum atomic E-state index is 2.40. The average molecular weight is 671 g/mol. The van der Waals surface area contributed by atoms with Crippen molar-refractivity contribution in [2.45, 2.75) is 0 Å². The number of rotatable bonds is 5. The van der Waals surface area contributed by atoms with E-state index in [1.807, 2.05) is 22.7 Å². The molecule has 50 heavy (non-hydrogen) atoms. The third-order valence-corrected chi connectivity index (χ3v) is 12.2. The van der Waals surface area contributed by atoms with Crippen molar-refractivity contribution in [3.8, 4) is 55.6 Å². The predicted molar refractivity (Wildman–Crippen MR) is 219 cm³/mol. The molecule has 2 heterocycles. The fraction of sp³-hybridized carbons (Fsp3) is 0. The van der Waals surface area contributed by atoms with Gasteiger partial charge in [0, 0.05) is 40.3 Å². The Morgan fingerprint density at radius 2 is 0.460 bits per heavy atom. The highest BCUT2D eigenvalue weighted by Gasteiger charge is 2.14. The van der Waals surface area contributed by atoms with Crippen LogP contribution in [0, 0.1) is 0 Å². The summed E-state index contributed by atoms with van der Waals surface area (Å²) in [4.78, 5) is 0. The normalized spacial score (nSPS) is 11.6. The highest BCUT2D eigenvalue weighted by atomic mass is 32.1. The molecule has 10 aromatic rings. The molecule has 2 aromatic heterocycles. The summed E-state index contributed by atoms with van der Waals surface area (Å²) in [6, 6.07) is 67.0. The minimum atomic E-state index is 1.22. The fourth-order valence-corrected chi connectivity index (χ4v) is 9.43. The molecule has 8 aromatic carbocycles. The molecule has 0 saturated carbocycles. The van der Waals surface area contributed by atoms with Gasteiger partial charge in [0.1, 0.15) is 0 Å². The quantitative estimate of drug-likeness (QED) is 0.171. The minimum Gasteiger partial charge on any atom is -0.135 e. The predicted octanol–water partition coefficient (Wildman–Crippen LogP) is 14.8. The molecule has 0 nitrogen and oxygen atoms in total. The number of thiophene rings is 2. The lowest BCUT2D eigenvalue weighted by Crippen LogP contribution is -1.86. The van der Waals surface area contributed by atoms with E-state index in [9.17, 15) is 0 Å². The lowest BCUT2D eigenvalue weighted by Gasteiger charge is -2.12. The molecule has 0 unspecified atom stereocenters. The van der Waals surface area contributed by atoms with Crippen LogP contribution in [0.3, 0.4) is 0 Å². The Bertz CT molecular complexity index is 2670. The van der Waals surface area contributed by atoms with Gasteiger partial charge in [-0.1, -0.05) is 115 Å². The van der Waals surface area contributed by atoms with Gasteiger partial charge in [0.2, 0.25) is 0 Å². The molecule has 10 rings (SSSR count). The van der Waals surface area contributed by atoms with Crippen LogP contribution in [0.4, 0.5) is 0 Å². The van der Waals surface area contributed by atoms with E-state index >= 15 is 0 Å². The first-order chi connectivity index (χ1) is 24.7. The number of hydrogen-bond donors (Lipinski definition) is 0. The topological polar surface area (TPSA) is 0 Å². The first-order valence-electron chi connectivity index (χ1n) is 17.0. The Hall–Kier alpha value is -5.80. The lowest BCUT2D eigenvalue weighted by molar-refractivity contribution is 1.59. The molecule has 0 aliphatic carbocycles. The molecule has 0 bridgehead atoms. The second kappa shape index (κ2) is 12.0. The van der Waals surface area contributed by atoms with Crippen LogP contribution in [0.2, 0.25) is 0 Å². The van der Waals surface area contributed by atoms with Gasteiger partial charge in [0.25, 0.3) is 0 Å². The summed E-state index contributed by atoms with van der Waals surface area (Å²) in [5.41, 5.74) is 12.4. The van der Waals surface area contributed by atoms with E-state index in [4.69, 9.17) is 0 Å². The van der Waals surface area contributed by atoms with Crippen LogP contribution < -0.4 is 0 Å². The van der Waals surface area contributed by atoms with Crippen LogP contribution in [0.15, 0.2) is 182 Å². The van der Waals surface area contributed by atoms with E-state index in [1.165, 1.54) is 96.0 Å². The molecule has 0 saturated heterocycles. The van der Waals surface area contributed by atoms with Gasteiger partial charge in [-0.25, -0.2) is 0 Å². The van der Waals surface area contributed by atoms with Crippen LogP contribution in [-0.4, -0.2) is 0 Å². The van der Waals surface area contributed by atoms with Crippen LogP contribution in [-0.2, 0) is 0 Å². The summed E-state index contributed by atoms with van der Waals surface area (Å²) in [5.74, 6) is 0. The molecule has 234 valence electrons. The average Bonchev–Trinajstić information content (AvgIpc) is 3.75. The summed E-state index contributed by atoms with van der Waals surface area (Å²) in [6.07, 6.45) is 0. The third-order valence-electron chi connectivity index (χ3n) is 9.86. The van der Waals surface area contributed by atoms with Crippen molar-refractivity contribution in [2.75, 3.05) is 0 Å². The van der Waals surface area contributed by atoms with E-state index < -0.39 is 0 Å². The molecule has 0 N–H and O–H groups in total. The summed E-state index contributed by atoms with van der Waals surface area (Å²) < 4.78 is 5.28. The van der Waals surface area contributed by atoms with Crippen LogP contribution >= 0.6 is 22.7 Å². The molecule has 0 aliphatic heterocycles. The first kappa shape index (κ1) is 29.1. The van der Waals surface area contributed by atoms with Crippen LogP contribution in [0.5, 0.6) is 0 Å². The van der Waals surface area contributed by atoms with Crippen molar-refractivity contribution >= 4 is 63.0 Å². The summed E-state index contributed by atoms with van der Waals surface area (Å²) in [6.45, 7) is 0. The Morgan fingerprint density at radius 1 is 0.200 bits per heavy atom. The van der Waals surface area contributed by atoms with E-state index in [0.717, 1.165) is 0 Å². The van der Waals surface area contributed by atoms with Gasteiger partial charge in [-0.15, -0.1) is 22.7 Å². The SMILES string of the molecule is c1ccc(-c2cc(-c3ccc4sc5ccc(-c6ccccc6)cc5c4c3)cc(-c3ccc4sc5ccc(-c6ccccc6)cc5c4c3)c2)cc1. The van der Waals surface area contributed by atoms with Gasteiger partial charge in [-0.05, 0) is 122 Å². The standard InChI is InChI=1S/C48H30S2/c1-4-10-31(11-5-1)34-16-20-45-41(27-34)43-29-36(18-22-47(43)49-45)39-24-38(33-14-8-3-9-15-33)25-40(26-39)37-19-23-48-44(30-37)42-28-35(17-21-46(42)50-48)32-12-6-2-7-13-32/h1-30H. The lowest BCUT2D eigenvalue weighted by atomic mass is 9.92. The van der Waals surface area contributed by atoms with Gasteiger partial charge in [0.15, 0.2) is 0 Å². The van der Waals surface area contributed by atoms with Crippen molar-refractivity contribution in [2.24, 2.45) is 0 Å². The monoisotopic (exact) mass is 670 g/mol. The summed E-state index contributed by atoms with van der Waals surface area (Å²) >= 11 is 3.75. The zero-order valence-electron chi connectivity index (χ0n) is 27.1. The third kappa shape index (κ3) is 5.13. The highest BCUT2D eigenvalue weighted by Crippen LogP contribution is 2.42. The number of benzene rings is 8. The zero-order chi connectivity index (χ0) is 33.0. The molecule has 2 heteroatoms. The Kier molecular flexibility index (Phi) is 6.97. The van der Waals surface area contributed by atoms with E-state index in [-0.39, 0.29) is 0 Å². The molecule has 0 atom stereocenters. The van der Waals surface area contributed by atoms with Crippen LogP contribution in [0.25, 0.3) is 96.0 Å². The molecule has 0 radical (unpaired) electrons. The number of fused-ring (bicyclic) bond motifs is 6. The second-order valence-electron chi connectivity index (χ2n) is 12.9. The van der Waals surface area contributed by atoms with Gasteiger partial charge in [0.05, 0.1) is 0 Å². The maximum absolute atomic E-state index is 2.40. The van der Waals surface area contributed by atoms with Crippen molar-refractivity contribution in [1.29, 1.82) is 0 Å². The van der Waals surface area contributed by atoms with Gasteiger partial charge in [-0.3, -0.25) is 0 Å². The van der Waals surface area contributed by atoms with Crippen molar-refractivity contribution in [3.63, 3.8) is 0 Å². The number of hydrogen-bond acceptors (Lipinski definition) is 2. The van der Waals surface area contributed by atoms with E-state index in [1.54, 1.807) is 0 Å². The van der Waals surface area contributed by atoms with Crippen LogP contribution in [0.1, 0.15) is 0 Å². The molecule has 0 aliphatic rings. The Balaban J connectivity index is 1.13. The van der Waals surface area contributed by atoms with Crippen molar-refractivity contribution in [1.82, 2.24) is 0 Å². The molecular formula is C48H30S2. The summed E-state index contributed by atoms with van der Waals surface area (Å²) in [7, 11) is 0. The van der Waals surface area contributed by atoms with Crippen molar-refractivity contribution in [3.05, 3.63) is 182 Å². The van der Waals surface area contributed by atoms with Gasteiger partial charge in [-0.2, -0.15) is 0 Å². The Morgan fingerprint density at radius 3 is 0.780 bits per heavy atom. The van der Waals surface area contributed by atoms with Crippen molar-refractivity contribution < 1.29 is 0 Å². The maximum Gasteiger partial charge on any atom is 0.0355 e. The summed E-state index contributed by atoms with van der Waals surface area (Å²) in [5, 5.41) is 5.26. The minimum absolute atomic E-state index is 1.22. The Labute approximate surface area is 299 Å². The van der Waals surface area contributed by atoms with Gasteiger partial charge >= 0.3 is 0 Å². The molecule has 0 amide bonds. The smallest absolute Gasteiger partial charge is 0.0355 e. The molecule has 0 spiro atoms. The fourth-order valence-electron chi connectivity index (χ4n) is 7.29. The molecule has 0 fully saturated rings. The largest absolute Gasteiger partial charge is 0.135 e. The van der Waals surface area contributed by atoms with E-state index in [2.05, 4.69) is 182 Å². The van der Waals surface area contributed by atoms with E-state index in [0.29, 0.717) is 0 Å². The molecular weight excluding hydrogens is 641 g/mol. The van der Waals surface area contributed by atoms with Gasteiger partial charge < -0.3 is 0 Å². The zero-order valence-corrected chi connectivity index (χ0v) is 28.8.